The molecule has 0 radical (unpaired) electrons. The maximum absolute atomic E-state index is 14.7. The maximum atomic E-state index is 14.7. The lowest BCUT2D eigenvalue weighted by Crippen LogP contribution is -2.52. The topological polar surface area (TPSA) is 272 Å². The molecular formula is C85H154N3O16P. The number of hydrogen-bond acceptors (Lipinski definition) is 14. The average Bonchev–Trinajstić information content (AvgIpc) is 1.70. The number of ether oxygens (including phenoxy) is 5. The highest BCUT2D eigenvalue weighted by Gasteiger charge is 2.46. The van der Waals surface area contributed by atoms with Crippen LogP contribution in [-0.4, -0.2) is 119 Å². The van der Waals surface area contributed by atoms with Crippen LogP contribution in [0.5, 0.6) is 0 Å². The van der Waals surface area contributed by atoms with Crippen molar-refractivity contribution >= 4 is 43.5 Å². The van der Waals surface area contributed by atoms with Gasteiger partial charge in [0.2, 0.25) is 17.7 Å². The molecule has 0 spiro atoms. The Bertz CT molecular complexity index is 2330. The van der Waals surface area contributed by atoms with Crippen molar-refractivity contribution in [2.24, 2.45) is 0 Å². The van der Waals surface area contributed by atoms with Crippen molar-refractivity contribution in [1.29, 1.82) is 0 Å². The minimum absolute atomic E-state index is 0.0628. The fourth-order valence-electron chi connectivity index (χ4n) is 14.2. The molecule has 1 aromatic carbocycles. The number of carbonyl (C=O) groups excluding carboxylic acids is 6. The Morgan fingerprint density at radius 3 is 1.11 bits per heavy atom. The summed E-state index contributed by atoms with van der Waals surface area (Å²) in [5, 5.41) is 19.9. The van der Waals surface area contributed by atoms with E-state index in [2.05, 4.69) is 62.7 Å². The van der Waals surface area contributed by atoms with E-state index in [1.807, 2.05) is 18.2 Å². The minimum atomic E-state index is -5.40. The molecule has 0 saturated carbocycles. The molecule has 1 aliphatic rings. The Kier molecular flexibility index (Phi) is 61.9. The molecule has 8 atom stereocenters. The van der Waals surface area contributed by atoms with Crippen LogP contribution in [0, 0.1) is 0 Å². The Morgan fingerprint density at radius 1 is 0.438 bits per heavy atom. The Labute approximate surface area is 637 Å². The van der Waals surface area contributed by atoms with Crippen molar-refractivity contribution in [2.45, 2.75) is 449 Å². The van der Waals surface area contributed by atoms with Crippen molar-refractivity contribution in [2.75, 3.05) is 19.8 Å². The van der Waals surface area contributed by atoms with Crippen molar-refractivity contribution < 1.29 is 76.4 Å². The second kappa shape index (κ2) is 67.0. The summed E-state index contributed by atoms with van der Waals surface area (Å²) in [6.07, 6.45) is 43.7. The lowest BCUT2D eigenvalue weighted by atomic mass is 9.98. The summed E-state index contributed by atoms with van der Waals surface area (Å²) in [6.45, 7) is 9.84. The molecule has 1 aliphatic heterocycles. The average molecular weight is 1510 g/mol. The van der Waals surface area contributed by atoms with Gasteiger partial charge in [-0.1, -0.05) is 315 Å². The molecule has 3 amide bonds. The number of benzene rings is 1. The van der Waals surface area contributed by atoms with E-state index in [4.69, 9.17) is 28.2 Å². The molecule has 1 aromatic rings. The molecule has 610 valence electrons. The van der Waals surface area contributed by atoms with E-state index >= 15 is 0 Å². The number of aryl methyl sites for hydroxylation is 1. The Morgan fingerprint density at radius 2 is 0.762 bits per heavy atom. The molecule has 3 unspecified atom stereocenters. The summed E-state index contributed by atoms with van der Waals surface area (Å²) in [7, 11) is -5.40. The predicted molar refractivity (Wildman–Crippen MR) is 422 cm³/mol. The van der Waals surface area contributed by atoms with Gasteiger partial charge >= 0.3 is 25.7 Å². The first-order valence-electron chi connectivity index (χ1n) is 43.1. The van der Waals surface area contributed by atoms with E-state index in [-0.39, 0.29) is 75.9 Å². The first kappa shape index (κ1) is 97.1. The van der Waals surface area contributed by atoms with Gasteiger partial charge < -0.3 is 54.5 Å². The number of aliphatic hydroxyl groups is 1. The number of carbonyl (C=O) groups is 6. The van der Waals surface area contributed by atoms with Gasteiger partial charge in [-0.05, 0) is 82.6 Å². The summed E-state index contributed by atoms with van der Waals surface area (Å²) in [4.78, 5) is 105. The molecule has 1 fully saturated rings. The number of phosphoric ester groups is 1. The van der Waals surface area contributed by atoms with Crippen LogP contribution in [0.4, 0.5) is 0 Å². The van der Waals surface area contributed by atoms with Gasteiger partial charge in [0.15, 0.2) is 6.29 Å². The molecule has 0 aliphatic carbocycles. The lowest BCUT2D eigenvalue weighted by Gasteiger charge is -2.31. The van der Waals surface area contributed by atoms with Crippen molar-refractivity contribution in [3.63, 3.8) is 0 Å². The monoisotopic (exact) mass is 1500 g/mol. The molecule has 1 heterocycles. The number of rotatable bonds is 72. The van der Waals surface area contributed by atoms with Gasteiger partial charge in [-0.15, -0.1) is 0 Å². The van der Waals surface area contributed by atoms with E-state index in [1.165, 1.54) is 115 Å². The third kappa shape index (κ3) is 56.0. The number of hydrogen-bond donors (Lipinski definition) is 6. The number of nitrogens with one attached hydrogen (secondary N) is 3. The van der Waals surface area contributed by atoms with Crippen LogP contribution in [0.3, 0.4) is 0 Å². The van der Waals surface area contributed by atoms with Crippen molar-refractivity contribution in [3.05, 3.63) is 35.9 Å². The summed E-state index contributed by atoms with van der Waals surface area (Å²) in [5.41, 5.74) is 1.30. The minimum Gasteiger partial charge on any atom is -0.462 e. The van der Waals surface area contributed by atoms with Gasteiger partial charge in [0.05, 0.1) is 44.6 Å². The van der Waals surface area contributed by atoms with Crippen LogP contribution in [0.25, 0.3) is 0 Å². The number of amides is 3. The van der Waals surface area contributed by atoms with Gasteiger partial charge in [0, 0.05) is 25.8 Å². The van der Waals surface area contributed by atoms with Crippen LogP contribution in [0.1, 0.15) is 400 Å². The third-order valence-corrected chi connectivity index (χ3v) is 20.9. The first-order chi connectivity index (χ1) is 51.0. The summed E-state index contributed by atoms with van der Waals surface area (Å²) in [6, 6.07) is 7.83. The van der Waals surface area contributed by atoms with E-state index in [0.717, 1.165) is 173 Å². The molecule has 0 aromatic heterocycles. The molecule has 105 heavy (non-hydrogen) atoms. The van der Waals surface area contributed by atoms with E-state index in [9.17, 15) is 48.2 Å². The van der Waals surface area contributed by atoms with Crippen molar-refractivity contribution in [3.8, 4) is 0 Å². The molecular weight excluding hydrogens is 1350 g/mol. The zero-order chi connectivity index (χ0) is 76.5. The fourth-order valence-corrected chi connectivity index (χ4v) is 14.8. The van der Waals surface area contributed by atoms with Crippen LogP contribution in [0.2, 0.25) is 0 Å². The Hall–Kier alpha value is -3.97. The SMILES string of the molecule is CCCCCCCCCCC[C@H](CC(=O)NCCO[C@@H]1OC(CO)[C@@H](OP(=O)(O)O)C(NC(=O)C[C@@H](CCCCCCCCCCC)OC(=O)CCCCCCCc2ccccc2)CC1NC(=O)C[C@@H](CCCCCCCCCCC)OC(=O)CCCCCCCCC)OC(=O)CCCCCCCCC. The molecule has 2 rings (SSSR count). The number of aliphatic hydroxyl groups excluding tert-OH is 1. The molecule has 6 N–H and O–H groups in total. The number of unbranched alkanes of at least 4 members (excludes halogenated alkanes) is 40. The summed E-state index contributed by atoms with van der Waals surface area (Å²) >= 11 is 0. The van der Waals surface area contributed by atoms with Crippen LogP contribution in [-0.2, 0) is 68.0 Å². The van der Waals surface area contributed by atoms with Gasteiger partial charge in [-0.25, -0.2) is 4.57 Å². The van der Waals surface area contributed by atoms with Gasteiger partial charge in [-0.2, -0.15) is 0 Å². The molecule has 20 heteroatoms. The third-order valence-electron chi connectivity index (χ3n) is 20.4. The zero-order valence-electron chi connectivity index (χ0n) is 67.0. The van der Waals surface area contributed by atoms with Crippen LogP contribution >= 0.6 is 7.82 Å². The highest BCUT2D eigenvalue weighted by molar-refractivity contribution is 7.46. The first-order valence-corrected chi connectivity index (χ1v) is 44.7. The summed E-state index contributed by atoms with van der Waals surface area (Å²) in [5.74, 6) is -2.65. The molecule has 1 saturated heterocycles. The van der Waals surface area contributed by atoms with E-state index in [1.54, 1.807) is 0 Å². The highest BCUT2D eigenvalue weighted by Crippen LogP contribution is 2.41. The van der Waals surface area contributed by atoms with E-state index in [0.29, 0.717) is 38.5 Å². The number of esters is 3. The van der Waals surface area contributed by atoms with Gasteiger partial charge in [0.1, 0.15) is 30.5 Å². The van der Waals surface area contributed by atoms with Crippen LogP contribution in [0.15, 0.2) is 30.3 Å². The normalized spacial score (nSPS) is 17.0. The fraction of sp³-hybridized carbons (Fsp3) is 0.859. The van der Waals surface area contributed by atoms with Gasteiger partial charge in [-0.3, -0.25) is 33.3 Å². The van der Waals surface area contributed by atoms with Crippen LogP contribution < -0.4 is 16.0 Å². The number of phosphoric acid groups is 1. The Balaban J connectivity index is 2.50. The van der Waals surface area contributed by atoms with E-state index < -0.39 is 81.1 Å². The standard InChI is InChI=1S/C85H154N3O16P/c1-6-11-16-21-26-29-34-39-49-58-72(100-81(93)61-52-42-32-24-19-14-9-4)66-78(90)86-64-65-99-85-76(88-80(92)68-74(60-51-41-36-31-28-23-18-13-8-3)102-82(94)62-53-43-33-25-20-15-10-5)69-75(84(77(70-89)103-85)104-105(96,97)98)87-79(91)67-73(59-50-40-35-30-27-22-17-12-7-2)101-83(95)63-54-44-37-38-46-55-71-56-47-45-48-57-71/h45,47-48,56-57,72-77,84-85,89H,6-44,46,49-55,58-70H2,1-5H3,(H,86,90)(H,87,91)(H,88,92)(H2,96,97,98)/t72-,73-,74-,75?,76?,77?,84+,85-/m1/s1. The van der Waals surface area contributed by atoms with Gasteiger partial charge in [0.25, 0.3) is 0 Å². The second-order valence-corrected chi connectivity index (χ2v) is 31.6. The predicted octanol–water partition coefficient (Wildman–Crippen LogP) is 20.2. The second-order valence-electron chi connectivity index (χ2n) is 30.4. The maximum Gasteiger partial charge on any atom is 0.470 e. The summed E-state index contributed by atoms with van der Waals surface area (Å²) < 4.78 is 49.5. The largest absolute Gasteiger partial charge is 0.470 e. The van der Waals surface area contributed by atoms with Crippen molar-refractivity contribution in [1.82, 2.24) is 16.0 Å². The smallest absolute Gasteiger partial charge is 0.462 e. The molecule has 0 bridgehead atoms. The zero-order valence-corrected chi connectivity index (χ0v) is 67.9. The highest BCUT2D eigenvalue weighted by atomic mass is 31.2. The lowest BCUT2D eigenvalue weighted by molar-refractivity contribution is -0.200. The quantitative estimate of drug-likeness (QED) is 0.0153. The molecule has 19 nitrogen and oxygen atoms in total.